The van der Waals surface area contributed by atoms with Crippen LogP contribution in [0.15, 0.2) is 18.2 Å². The summed E-state index contributed by atoms with van der Waals surface area (Å²) in [7, 11) is 0. The van der Waals surface area contributed by atoms with Crippen LogP contribution in [0.3, 0.4) is 0 Å². The minimum Gasteiger partial charge on any atom is -0.399 e. The molecule has 1 atom stereocenters. The molecule has 20 heavy (non-hydrogen) atoms. The van der Waals surface area contributed by atoms with Crippen molar-refractivity contribution in [2.45, 2.75) is 57.4 Å². The fourth-order valence-corrected chi connectivity index (χ4v) is 3.34. The normalized spacial score (nSPS) is 20.4. The van der Waals surface area contributed by atoms with Crippen molar-refractivity contribution in [3.8, 4) is 0 Å². The van der Waals surface area contributed by atoms with Gasteiger partial charge in [0.1, 0.15) is 5.82 Å². The SMILES string of the molecule is CCC(CC1CC1)n1c(C2CC2)nc2cc(N)ccc21. The number of hydrogen-bond donors (Lipinski definition) is 1. The van der Waals surface area contributed by atoms with E-state index in [1.165, 1.54) is 49.9 Å². The summed E-state index contributed by atoms with van der Waals surface area (Å²) in [6.45, 7) is 2.31. The Labute approximate surface area is 120 Å². The van der Waals surface area contributed by atoms with Crippen molar-refractivity contribution in [1.29, 1.82) is 0 Å². The Hall–Kier alpha value is -1.51. The number of fused-ring (bicyclic) bond motifs is 1. The molecule has 1 heterocycles. The van der Waals surface area contributed by atoms with E-state index >= 15 is 0 Å². The second-order valence-electron chi connectivity index (χ2n) is 6.60. The van der Waals surface area contributed by atoms with Gasteiger partial charge in [0.2, 0.25) is 0 Å². The highest BCUT2D eigenvalue weighted by atomic mass is 15.1. The summed E-state index contributed by atoms with van der Waals surface area (Å²) in [5.41, 5.74) is 9.11. The predicted octanol–water partition coefficient (Wildman–Crippen LogP) is 4.25. The van der Waals surface area contributed by atoms with E-state index < -0.39 is 0 Å². The highest BCUT2D eigenvalue weighted by Gasteiger charge is 2.33. The first-order valence-corrected chi connectivity index (χ1v) is 8.03. The molecule has 2 aromatic rings. The van der Waals surface area contributed by atoms with Gasteiger partial charge < -0.3 is 10.3 Å². The number of aromatic nitrogens is 2. The average molecular weight is 269 g/mol. The Morgan fingerprint density at radius 3 is 2.75 bits per heavy atom. The summed E-state index contributed by atoms with van der Waals surface area (Å²) in [6.07, 6.45) is 7.99. The molecule has 0 saturated heterocycles. The third-order valence-corrected chi connectivity index (χ3v) is 4.82. The van der Waals surface area contributed by atoms with Gasteiger partial charge in [0, 0.05) is 17.6 Å². The van der Waals surface area contributed by atoms with E-state index in [4.69, 9.17) is 10.7 Å². The van der Waals surface area contributed by atoms with Crippen molar-refractivity contribution in [3.05, 3.63) is 24.0 Å². The number of benzene rings is 1. The third kappa shape index (κ3) is 2.09. The summed E-state index contributed by atoms with van der Waals surface area (Å²) in [5, 5.41) is 0. The van der Waals surface area contributed by atoms with Crippen molar-refractivity contribution < 1.29 is 0 Å². The van der Waals surface area contributed by atoms with Crippen LogP contribution in [0.4, 0.5) is 5.69 Å². The van der Waals surface area contributed by atoms with Crippen LogP contribution in [0.1, 0.15) is 63.2 Å². The van der Waals surface area contributed by atoms with Crippen LogP contribution in [0, 0.1) is 5.92 Å². The van der Waals surface area contributed by atoms with Crippen LogP contribution in [-0.2, 0) is 0 Å². The van der Waals surface area contributed by atoms with Crippen molar-refractivity contribution in [2.24, 2.45) is 5.92 Å². The molecule has 3 nitrogen and oxygen atoms in total. The lowest BCUT2D eigenvalue weighted by Crippen LogP contribution is -2.12. The zero-order valence-electron chi connectivity index (χ0n) is 12.2. The zero-order valence-corrected chi connectivity index (χ0v) is 12.2. The highest BCUT2D eigenvalue weighted by molar-refractivity contribution is 5.80. The van der Waals surface area contributed by atoms with Gasteiger partial charge >= 0.3 is 0 Å². The Kier molecular flexibility index (Phi) is 2.76. The lowest BCUT2D eigenvalue weighted by atomic mass is 10.1. The molecule has 0 radical (unpaired) electrons. The fraction of sp³-hybridized carbons (Fsp3) is 0.588. The lowest BCUT2D eigenvalue weighted by Gasteiger charge is -2.20. The molecule has 2 saturated carbocycles. The standard InChI is InChI=1S/C17H23N3/c1-2-14(9-11-3-4-11)20-16-8-7-13(18)10-15(16)19-17(20)12-5-6-12/h7-8,10-12,14H,2-6,9,18H2,1H3. The van der Waals surface area contributed by atoms with Crippen LogP contribution >= 0.6 is 0 Å². The number of anilines is 1. The van der Waals surface area contributed by atoms with E-state index in [0.29, 0.717) is 12.0 Å². The van der Waals surface area contributed by atoms with E-state index in [0.717, 1.165) is 17.1 Å². The summed E-state index contributed by atoms with van der Waals surface area (Å²) in [6, 6.07) is 6.83. The maximum absolute atomic E-state index is 5.93. The van der Waals surface area contributed by atoms with Gasteiger partial charge in [-0.15, -0.1) is 0 Å². The van der Waals surface area contributed by atoms with E-state index in [9.17, 15) is 0 Å². The van der Waals surface area contributed by atoms with Gasteiger partial charge in [-0.05, 0) is 49.8 Å². The first-order chi connectivity index (χ1) is 9.76. The molecule has 1 aromatic carbocycles. The van der Waals surface area contributed by atoms with Gasteiger partial charge in [0.05, 0.1) is 11.0 Å². The number of nitrogens with zero attached hydrogens (tertiary/aromatic N) is 2. The highest BCUT2D eigenvalue weighted by Crippen LogP contribution is 2.45. The molecule has 1 aromatic heterocycles. The molecule has 0 aliphatic heterocycles. The van der Waals surface area contributed by atoms with Gasteiger partial charge in [0.15, 0.2) is 0 Å². The van der Waals surface area contributed by atoms with Gasteiger partial charge in [-0.1, -0.05) is 19.8 Å². The number of rotatable bonds is 5. The molecular formula is C17H23N3. The predicted molar refractivity (Wildman–Crippen MR) is 82.8 cm³/mol. The van der Waals surface area contributed by atoms with Crippen molar-refractivity contribution in [1.82, 2.24) is 9.55 Å². The van der Waals surface area contributed by atoms with Crippen LogP contribution < -0.4 is 5.73 Å². The van der Waals surface area contributed by atoms with E-state index in [2.05, 4.69) is 17.6 Å². The number of nitrogens with two attached hydrogens (primary N) is 1. The van der Waals surface area contributed by atoms with Gasteiger partial charge in [0.25, 0.3) is 0 Å². The second-order valence-corrected chi connectivity index (χ2v) is 6.60. The summed E-state index contributed by atoms with van der Waals surface area (Å²) in [4.78, 5) is 4.92. The molecular weight excluding hydrogens is 246 g/mol. The largest absolute Gasteiger partial charge is 0.399 e. The molecule has 2 N–H and O–H groups in total. The maximum atomic E-state index is 5.93. The van der Waals surface area contributed by atoms with Gasteiger partial charge in [-0.2, -0.15) is 0 Å². The first-order valence-electron chi connectivity index (χ1n) is 8.03. The van der Waals surface area contributed by atoms with Crippen molar-refractivity contribution in [3.63, 3.8) is 0 Å². The Bertz CT molecular complexity index is 635. The van der Waals surface area contributed by atoms with E-state index in [1.807, 2.05) is 12.1 Å². The third-order valence-electron chi connectivity index (χ3n) is 4.82. The zero-order chi connectivity index (χ0) is 13.7. The van der Waals surface area contributed by atoms with Crippen molar-refractivity contribution >= 4 is 16.7 Å². The van der Waals surface area contributed by atoms with E-state index in [1.54, 1.807) is 0 Å². The van der Waals surface area contributed by atoms with Crippen LogP contribution in [-0.4, -0.2) is 9.55 Å². The number of imidazole rings is 1. The minimum atomic E-state index is 0.617. The summed E-state index contributed by atoms with van der Waals surface area (Å²) < 4.78 is 2.55. The van der Waals surface area contributed by atoms with Crippen LogP contribution in [0.25, 0.3) is 11.0 Å². The van der Waals surface area contributed by atoms with Crippen LogP contribution in [0.2, 0.25) is 0 Å². The fourth-order valence-electron chi connectivity index (χ4n) is 3.34. The molecule has 4 rings (SSSR count). The van der Waals surface area contributed by atoms with Gasteiger partial charge in [-0.25, -0.2) is 4.98 Å². The molecule has 0 spiro atoms. The Morgan fingerprint density at radius 1 is 1.30 bits per heavy atom. The Balaban J connectivity index is 1.83. The smallest absolute Gasteiger partial charge is 0.113 e. The van der Waals surface area contributed by atoms with Crippen LogP contribution in [0.5, 0.6) is 0 Å². The molecule has 0 amide bonds. The average Bonchev–Trinajstić information content (AvgIpc) is 3.34. The molecule has 106 valence electrons. The Morgan fingerprint density at radius 2 is 2.10 bits per heavy atom. The summed E-state index contributed by atoms with van der Waals surface area (Å²) in [5.74, 6) is 2.97. The van der Waals surface area contributed by atoms with E-state index in [-0.39, 0.29) is 0 Å². The lowest BCUT2D eigenvalue weighted by molar-refractivity contribution is 0.425. The molecule has 2 aliphatic carbocycles. The molecule has 3 heteroatoms. The minimum absolute atomic E-state index is 0.617. The topological polar surface area (TPSA) is 43.8 Å². The van der Waals surface area contributed by atoms with Gasteiger partial charge in [-0.3, -0.25) is 0 Å². The number of nitrogen functional groups attached to an aromatic ring is 1. The second kappa shape index (κ2) is 4.51. The molecule has 1 unspecified atom stereocenters. The van der Waals surface area contributed by atoms with Crippen molar-refractivity contribution in [2.75, 3.05) is 5.73 Å². The first kappa shape index (κ1) is 12.2. The monoisotopic (exact) mass is 269 g/mol. The summed E-state index contributed by atoms with van der Waals surface area (Å²) >= 11 is 0. The molecule has 2 fully saturated rings. The maximum Gasteiger partial charge on any atom is 0.113 e. The quantitative estimate of drug-likeness (QED) is 0.825. The number of hydrogen-bond acceptors (Lipinski definition) is 2. The molecule has 2 aliphatic rings. The molecule has 0 bridgehead atoms.